The van der Waals surface area contributed by atoms with Gasteiger partial charge in [-0.3, -0.25) is 9.69 Å². The standard InChI is InChI=1S/C24H37FN2O2/c1-24(2,3)15-23(28)27(18-21-8-6-14-29-21)16-19-10-12-26(13-11-19)17-20-7-4-5-9-22(20)25/h4-5,7,9,19,21H,6,8,10-18H2,1-3H3. The summed E-state index contributed by atoms with van der Waals surface area (Å²) in [6.07, 6.45) is 5.03. The average molecular weight is 405 g/mol. The fourth-order valence-corrected chi connectivity index (χ4v) is 4.38. The number of hydrogen-bond acceptors (Lipinski definition) is 3. The van der Waals surface area contributed by atoms with Gasteiger partial charge in [0.15, 0.2) is 0 Å². The van der Waals surface area contributed by atoms with Crippen LogP contribution in [0.25, 0.3) is 0 Å². The lowest BCUT2D eigenvalue weighted by atomic mass is 9.90. The number of amides is 1. The highest BCUT2D eigenvalue weighted by Crippen LogP contribution is 2.25. The van der Waals surface area contributed by atoms with Gasteiger partial charge >= 0.3 is 0 Å². The van der Waals surface area contributed by atoms with Crippen molar-refractivity contribution in [3.05, 3.63) is 35.6 Å². The van der Waals surface area contributed by atoms with Gasteiger partial charge in [-0.05, 0) is 56.2 Å². The van der Waals surface area contributed by atoms with E-state index in [2.05, 4.69) is 30.6 Å². The van der Waals surface area contributed by atoms with Crippen molar-refractivity contribution < 1.29 is 13.9 Å². The van der Waals surface area contributed by atoms with E-state index in [1.54, 1.807) is 6.07 Å². The van der Waals surface area contributed by atoms with Crippen LogP contribution < -0.4 is 0 Å². The lowest BCUT2D eigenvalue weighted by Gasteiger charge is -2.36. The number of ether oxygens (including phenoxy) is 1. The topological polar surface area (TPSA) is 32.8 Å². The lowest BCUT2D eigenvalue weighted by molar-refractivity contribution is -0.135. The van der Waals surface area contributed by atoms with Crippen LogP contribution in [0.3, 0.4) is 0 Å². The maximum Gasteiger partial charge on any atom is 0.223 e. The van der Waals surface area contributed by atoms with Gasteiger partial charge in [-0.15, -0.1) is 0 Å². The van der Waals surface area contributed by atoms with Gasteiger partial charge in [-0.25, -0.2) is 4.39 Å². The molecule has 1 aromatic rings. The Balaban J connectivity index is 1.52. The van der Waals surface area contributed by atoms with E-state index in [1.807, 2.05) is 12.1 Å². The molecule has 1 amide bonds. The van der Waals surface area contributed by atoms with E-state index in [-0.39, 0.29) is 23.2 Å². The average Bonchev–Trinajstić information content (AvgIpc) is 3.16. The zero-order valence-electron chi connectivity index (χ0n) is 18.3. The number of nitrogens with zero attached hydrogens (tertiary/aromatic N) is 2. The van der Waals surface area contributed by atoms with Crippen LogP contribution in [0.1, 0.15) is 58.4 Å². The molecule has 1 atom stereocenters. The Kier molecular flexibility index (Phi) is 7.69. The first-order valence-corrected chi connectivity index (χ1v) is 11.2. The number of rotatable bonds is 7. The van der Waals surface area contributed by atoms with Crippen molar-refractivity contribution in [3.8, 4) is 0 Å². The van der Waals surface area contributed by atoms with Crippen molar-refractivity contribution in [2.24, 2.45) is 11.3 Å². The molecule has 0 radical (unpaired) electrons. The summed E-state index contributed by atoms with van der Waals surface area (Å²) < 4.78 is 19.7. The molecular formula is C24H37FN2O2. The van der Waals surface area contributed by atoms with Crippen molar-refractivity contribution in [2.45, 2.75) is 65.5 Å². The van der Waals surface area contributed by atoms with E-state index in [4.69, 9.17) is 4.74 Å². The Labute approximate surface area is 175 Å². The van der Waals surface area contributed by atoms with Crippen molar-refractivity contribution >= 4 is 5.91 Å². The van der Waals surface area contributed by atoms with Crippen LogP contribution in [0.2, 0.25) is 0 Å². The van der Waals surface area contributed by atoms with Gasteiger partial charge in [-0.1, -0.05) is 39.0 Å². The Morgan fingerprint density at radius 2 is 1.90 bits per heavy atom. The van der Waals surface area contributed by atoms with Crippen molar-refractivity contribution in [3.63, 3.8) is 0 Å². The molecule has 4 nitrogen and oxygen atoms in total. The number of benzene rings is 1. The first-order chi connectivity index (χ1) is 13.8. The number of carbonyl (C=O) groups excluding carboxylic acids is 1. The normalized spacial score (nSPS) is 21.4. The van der Waals surface area contributed by atoms with Crippen LogP contribution in [0, 0.1) is 17.2 Å². The molecule has 0 bridgehead atoms. The molecule has 2 aliphatic rings. The first-order valence-electron chi connectivity index (χ1n) is 11.2. The number of likely N-dealkylation sites (tertiary alicyclic amines) is 1. The number of piperidine rings is 1. The highest BCUT2D eigenvalue weighted by Gasteiger charge is 2.29. The van der Waals surface area contributed by atoms with Crippen LogP contribution in [-0.2, 0) is 16.1 Å². The van der Waals surface area contributed by atoms with Crippen molar-refractivity contribution in [2.75, 3.05) is 32.8 Å². The molecule has 162 valence electrons. The number of carbonyl (C=O) groups is 1. The summed E-state index contributed by atoms with van der Waals surface area (Å²) in [5, 5.41) is 0. The van der Waals surface area contributed by atoms with Gasteiger partial charge in [0.2, 0.25) is 5.91 Å². The summed E-state index contributed by atoms with van der Waals surface area (Å²) in [7, 11) is 0. The van der Waals surface area contributed by atoms with Gasteiger partial charge in [0.05, 0.1) is 6.10 Å². The molecule has 1 unspecified atom stereocenters. The molecule has 3 rings (SSSR count). The second kappa shape index (κ2) is 10.0. The van der Waals surface area contributed by atoms with Gasteiger partial charge in [-0.2, -0.15) is 0 Å². The lowest BCUT2D eigenvalue weighted by Crippen LogP contribution is -2.44. The van der Waals surface area contributed by atoms with E-state index in [0.717, 1.165) is 64.0 Å². The SMILES string of the molecule is CC(C)(C)CC(=O)N(CC1CCN(Cc2ccccc2F)CC1)CC1CCCO1. The van der Waals surface area contributed by atoms with Crippen molar-refractivity contribution in [1.82, 2.24) is 9.80 Å². The molecule has 2 aliphatic heterocycles. The van der Waals surface area contributed by atoms with E-state index in [0.29, 0.717) is 18.9 Å². The fourth-order valence-electron chi connectivity index (χ4n) is 4.38. The third kappa shape index (κ3) is 7.07. The molecule has 0 spiro atoms. The molecule has 0 aromatic heterocycles. The molecule has 0 N–H and O–H groups in total. The van der Waals surface area contributed by atoms with Crippen LogP contribution >= 0.6 is 0 Å². The Morgan fingerprint density at radius 1 is 1.17 bits per heavy atom. The van der Waals surface area contributed by atoms with Crippen LogP contribution in [-0.4, -0.2) is 54.6 Å². The molecule has 2 saturated heterocycles. The highest BCUT2D eigenvalue weighted by atomic mass is 19.1. The van der Waals surface area contributed by atoms with Gasteiger partial charge in [0.1, 0.15) is 5.82 Å². The van der Waals surface area contributed by atoms with E-state index in [1.165, 1.54) is 6.07 Å². The summed E-state index contributed by atoms with van der Waals surface area (Å²) in [5.41, 5.74) is 0.765. The quantitative estimate of drug-likeness (QED) is 0.672. The Bertz CT molecular complexity index is 659. The maximum absolute atomic E-state index is 13.9. The number of halogens is 1. The summed E-state index contributed by atoms with van der Waals surface area (Å²) in [4.78, 5) is 17.4. The zero-order chi connectivity index (χ0) is 20.9. The molecular weight excluding hydrogens is 367 g/mol. The molecule has 0 saturated carbocycles. The smallest absolute Gasteiger partial charge is 0.223 e. The van der Waals surface area contributed by atoms with Gasteiger partial charge in [0.25, 0.3) is 0 Å². The minimum absolute atomic E-state index is 0.00497. The molecule has 1 aromatic carbocycles. The second-order valence-corrected chi connectivity index (χ2v) is 9.98. The molecule has 2 fully saturated rings. The second-order valence-electron chi connectivity index (χ2n) is 9.98. The van der Waals surface area contributed by atoms with Gasteiger partial charge < -0.3 is 9.64 Å². The minimum Gasteiger partial charge on any atom is -0.376 e. The predicted molar refractivity (Wildman–Crippen MR) is 114 cm³/mol. The highest BCUT2D eigenvalue weighted by molar-refractivity contribution is 5.76. The summed E-state index contributed by atoms with van der Waals surface area (Å²) in [6.45, 7) is 11.3. The molecule has 5 heteroatoms. The molecule has 29 heavy (non-hydrogen) atoms. The van der Waals surface area contributed by atoms with Crippen LogP contribution in [0.5, 0.6) is 0 Å². The monoisotopic (exact) mass is 404 g/mol. The molecule has 2 heterocycles. The summed E-state index contributed by atoms with van der Waals surface area (Å²) in [6, 6.07) is 7.04. The zero-order valence-corrected chi connectivity index (χ0v) is 18.3. The fraction of sp³-hybridized carbons (Fsp3) is 0.708. The third-order valence-electron chi connectivity index (χ3n) is 6.02. The minimum atomic E-state index is -0.120. The first kappa shape index (κ1) is 22.2. The largest absolute Gasteiger partial charge is 0.376 e. The van der Waals surface area contributed by atoms with E-state index in [9.17, 15) is 9.18 Å². The van der Waals surface area contributed by atoms with E-state index >= 15 is 0 Å². The molecule has 0 aliphatic carbocycles. The van der Waals surface area contributed by atoms with Crippen LogP contribution in [0.4, 0.5) is 4.39 Å². The summed E-state index contributed by atoms with van der Waals surface area (Å²) in [5.74, 6) is 0.643. The third-order valence-corrected chi connectivity index (χ3v) is 6.02. The Hall–Kier alpha value is -1.46. The van der Waals surface area contributed by atoms with Gasteiger partial charge in [0, 0.05) is 38.2 Å². The van der Waals surface area contributed by atoms with E-state index < -0.39 is 0 Å². The predicted octanol–water partition coefficient (Wildman–Crippen LogP) is 4.48. The summed E-state index contributed by atoms with van der Waals surface area (Å²) >= 11 is 0. The Morgan fingerprint density at radius 3 is 2.52 bits per heavy atom. The number of hydrogen-bond donors (Lipinski definition) is 0. The maximum atomic E-state index is 13.9. The van der Waals surface area contributed by atoms with Crippen LogP contribution in [0.15, 0.2) is 24.3 Å². The van der Waals surface area contributed by atoms with Crippen molar-refractivity contribution in [1.29, 1.82) is 0 Å².